The molecule has 1 heterocycles. The maximum absolute atomic E-state index is 11.1. The molecule has 0 unspecified atom stereocenters. The number of hydrogen-bond donors (Lipinski definition) is 1. The summed E-state index contributed by atoms with van der Waals surface area (Å²) in [4.78, 5) is 25.7. The van der Waals surface area contributed by atoms with E-state index in [2.05, 4.69) is 9.72 Å². The number of aldehydes is 1. The summed E-state index contributed by atoms with van der Waals surface area (Å²) in [6.07, 6.45) is 2.43. The van der Waals surface area contributed by atoms with Gasteiger partial charge in [0.25, 0.3) is 0 Å². The van der Waals surface area contributed by atoms with E-state index >= 15 is 0 Å². The highest BCUT2D eigenvalue weighted by atomic mass is 16.5. The molecule has 0 radical (unpaired) electrons. The molecule has 0 spiro atoms. The van der Waals surface area contributed by atoms with Crippen LogP contribution in [0.4, 0.5) is 0 Å². The average molecular weight is 208 g/mol. The number of methoxy groups -OCH3 is 1. The van der Waals surface area contributed by atoms with Gasteiger partial charge in [0.2, 0.25) is 0 Å². The number of nitrogens with two attached hydrogens (primary N) is 1. The van der Waals surface area contributed by atoms with E-state index < -0.39 is 12.0 Å². The molecule has 1 aromatic heterocycles. The highest BCUT2D eigenvalue weighted by molar-refractivity contribution is 5.78. The van der Waals surface area contributed by atoms with Crippen molar-refractivity contribution in [3.05, 3.63) is 29.6 Å². The van der Waals surface area contributed by atoms with Gasteiger partial charge in [-0.25, -0.2) is 0 Å². The third kappa shape index (κ3) is 2.85. The Hall–Kier alpha value is -1.75. The minimum Gasteiger partial charge on any atom is -0.468 e. The summed E-state index contributed by atoms with van der Waals surface area (Å²) in [6.45, 7) is 0. The molecule has 15 heavy (non-hydrogen) atoms. The van der Waals surface area contributed by atoms with Gasteiger partial charge in [0.1, 0.15) is 6.04 Å². The van der Waals surface area contributed by atoms with E-state index in [9.17, 15) is 9.59 Å². The van der Waals surface area contributed by atoms with Crippen LogP contribution < -0.4 is 5.73 Å². The molecule has 0 fully saturated rings. The number of aromatic nitrogens is 1. The third-order valence-corrected chi connectivity index (χ3v) is 1.97. The summed E-state index contributed by atoms with van der Waals surface area (Å²) in [5.74, 6) is -0.516. The Kier molecular flexibility index (Phi) is 3.93. The Labute approximate surface area is 87.3 Å². The average Bonchev–Trinajstić information content (AvgIpc) is 2.28. The van der Waals surface area contributed by atoms with Crippen molar-refractivity contribution in [1.29, 1.82) is 0 Å². The normalized spacial score (nSPS) is 11.9. The monoisotopic (exact) mass is 208 g/mol. The summed E-state index contributed by atoms with van der Waals surface area (Å²) in [5.41, 5.74) is 6.50. The van der Waals surface area contributed by atoms with Crippen molar-refractivity contribution in [2.75, 3.05) is 7.11 Å². The Morgan fingerprint density at radius 3 is 3.07 bits per heavy atom. The van der Waals surface area contributed by atoms with E-state index in [-0.39, 0.29) is 6.42 Å². The summed E-state index contributed by atoms with van der Waals surface area (Å²) >= 11 is 0. The lowest BCUT2D eigenvalue weighted by atomic mass is 10.1. The van der Waals surface area contributed by atoms with E-state index in [4.69, 9.17) is 5.73 Å². The first-order valence-electron chi connectivity index (χ1n) is 4.41. The van der Waals surface area contributed by atoms with Gasteiger partial charge in [0.15, 0.2) is 6.29 Å². The van der Waals surface area contributed by atoms with Crippen molar-refractivity contribution < 1.29 is 14.3 Å². The first kappa shape index (κ1) is 11.3. The van der Waals surface area contributed by atoms with E-state index in [0.717, 1.165) is 0 Å². The zero-order chi connectivity index (χ0) is 11.3. The predicted octanol–water partition coefficient (Wildman–Crippen LogP) is -0.0631. The quantitative estimate of drug-likeness (QED) is 0.553. The fraction of sp³-hybridized carbons (Fsp3) is 0.300. The molecular weight excluding hydrogens is 196 g/mol. The third-order valence-electron chi connectivity index (χ3n) is 1.97. The van der Waals surface area contributed by atoms with Crippen molar-refractivity contribution in [3.8, 4) is 0 Å². The van der Waals surface area contributed by atoms with Crippen LogP contribution in [0.15, 0.2) is 18.3 Å². The molecule has 0 aromatic carbocycles. The number of rotatable bonds is 4. The predicted molar refractivity (Wildman–Crippen MR) is 53.3 cm³/mol. The first-order chi connectivity index (χ1) is 7.19. The van der Waals surface area contributed by atoms with Gasteiger partial charge < -0.3 is 10.5 Å². The molecule has 5 heteroatoms. The van der Waals surface area contributed by atoms with Gasteiger partial charge in [-0.1, -0.05) is 0 Å². The molecule has 1 aromatic rings. The van der Waals surface area contributed by atoms with Crippen molar-refractivity contribution in [1.82, 2.24) is 4.98 Å². The second kappa shape index (κ2) is 5.21. The number of hydrogen-bond acceptors (Lipinski definition) is 5. The van der Waals surface area contributed by atoms with Gasteiger partial charge in [-0.3, -0.25) is 14.6 Å². The van der Waals surface area contributed by atoms with Crippen molar-refractivity contribution >= 4 is 12.3 Å². The maximum Gasteiger partial charge on any atom is 0.323 e. The van der Waals surface area contributed by atoms with Gasteiger partial charge in [-0.05, 0) is 12.1 Å². The van der Waals surface area contributed by atoms with E-state index in [0.29, 0.717) is 17.5 Å². The van der Waals surface area contributed by atoms with Crippen LogP contribution in [0.25, 0.3) is 0 Å². The van der Waals surface area contributed by atoms with Crippen LogP contribution in [0.5, 0.6) is 0 Å². The Morgan fingerprint density at radius 2 is 2.47 bits per heavy atom. The standard InChI is InChI=1S/C10H12N2O3/c1-15-10(14)8(11)5-9-7(6-13)3-2-4-12-9/h2-4,6,8H,5,11H2,1H3/t8-/m1/s1. The molecule has 2 N–H and O–H groups in total. The van der Waals surface area contributed by atoms with Crippen molar-refractivity contribution in [2.45, 2.75) is 12.5 Å². The largest absolute Gasteiger partial charge is 0.468 e. The van der Waals surface area contributed by atoms with Crippen LogP contribution in [0, 0.1) is 0 Å². The number of esters is 1. The summed E-state index contributed by atoms with van der Waals surface area (Å²) in [6, 6.07) is 2.49. The Bertz CT molecular complexity index is 365. The van der Waals surface area contributed by atoms with Gasteiger partial charge in [-0.2, -0.15) is 0 Å². The highest BCUT2D eigenvalue weighted by Crippen LogP contribution is 2.05. The minimum atomic E-state index is -0.788. The number of ether oxygens (including phenoxy) is 1. The topological polar surface area (TPSA) is 82.3 Å². The van der Waals surface area contributed by atoms with Crippen LogP contribution >= 0.6 is 0 Å². The molecule has 0 aliphatic rings. The lowest BCUT2D eigenvalue weighted by Gasteiger charge is -2.09. The molecule has 1 rings (SSSR count). The highest BCUT2D eigenvalue weighted by Gasteiger charge is 2.16. The van der Waals surface area contributed by atoms with Gasteiger partial charge in [-0.15, -0.1) is 0 Å². The van der Waals surface area contributed by atoms with Crippen LogP contribution in [0.1, 0.15) is 16.1 Å². The van der Waals surface area contributed by atoms with Crippen LogP contribution in [-0.4, -0.2) is 30.4 Å². The summed E-state index contributed by atoms with van der Waals surface area (Å²) in [7, 11) is 1.27. The zero-order valence-electron chi connectivity index (χ0n) is 8.34. The van der Waals surface area contributed by atoms with Crippen molar-refractivity contribution in [3.63, 3.8) is 0 Å². The minimum absolute atomic E-state index is 0.196. The molecule has 0 bridgehead atoms. The fourth-order valence-corrected chi connectivity index (χ4v) is 1.17. The molecule has 0 saturated carbocycles. The summed E-state index contributed by atoms with van der Waals surface area (Å²) < 4.78 is 4.48. The summed E-state index contributed by atoms with van der Waals surface area (Å²) in [5, 5.41) is 0. The molecule has 5 nitrogen and oxygen atoms in total. The lowest BCUT2D eigenvalue weighted by molar-refractivity contribution is -0.142. The van der Waals surface area contributed by atoms with E-state index in [1.807, 2.05) is 0 Å². The smallest absolute Gasteiger partial charge is 0.323 e. The van der Waals surface area contributed by atoms with Crippen LogP contribution in [0.2, 0.25) is 0 Å². The molecule has 80 valence electrons. The van der Waals surface area contributed by atoms with Crippen molar-refractivity contribution in [2.24, 2.45) is 5.73 Å². The number of nitrogens with zero attached hydrogens (tertiary/aromatic N) is 1. The Morgan fingerprint density at radius 1 is 1.73 bits per heavy atom. The number of pyridine rings is 1. The Balaban J connectivity index is 2.80. The SMILES string of the molecule is COC(=O)[C@H](N)Cc1ncccc1C=O. The molecule has 0 saturated heterocycles. The second-order valence-electron chi connectivity index (χ2n) is 2.99. The van der Waals surface area contributed by atoms with E-state index in [1.54, 1.807) is 18.3 Å². The molecular formula is C10H12N2O3. The van der Waals surface area contributed by atoms with Gasteiger partial charge >= 0.3 is 5.97 Å². The molecule has 0 aliphatic carbocycles. The van der Waals surface area contributed by atoms with Crippen LogP contribution in [-0.2, 0) is 16.0 Å². The van der Waals surface area contributed by atoms with Gasteiger partial charge in [0.05, 0.1) is 12.8 Å². The number of carbonyl (C=O) groups excluding carboxylic acids is 2. The van der Waals surface area contributed by atoms with Gasteiger partial charge in [0, 0.05) is 18.2 Å². The lowest BCUT2D eigenvalue weighted by Crippen LogP contribution is -2.34. The molecule has 0 aliphatic heterocycles. The van der Waals surface area contributed by atoms with E-state index in [1.165, 1.54) is 7.11 Å². The first-order valence-corrected chi connectivity index (χ1v) is 4.41. The molecule has 0 amide bonds. The zero-order valence-corrected chi connectivity index (χ0v) is 8.34. The second-order valence-corrected chi connectivity index (χ2v) is 2.99. The van der Waals surface area contributed by atoms with Crippen LogP contribution in [0.3, 0.4) is 0 Å². The number of carbonyl (C=O) groups is 2. The maximum atomic E-state index is 11.1. The molecule has 1 atom stereocenters. The fourth-order valence-electron chi connectivity index (χ4n) is 1.17.